The van der Waals surface area contributed by atoms with Crippen LogP contribution < -0.4 is 4.74 Å². The minimum atomic E-state index is -0.0222. The van der Waals surface area contributed by atoms with E-state index in [1.165, 1.54) is 16.7 Å². The zero-order chi connectivity index (χ0) is 19.5. The number of carbonyl (C=O) groups is 1. The number of thioether (sulfide) groups is 1. The van der Waals surface area contributed by atoms with Crippen LogP contribution in [0.5, 0.6) is 5.75 Å². The van der Waals surface area contributed by atoms with Crippen LogP contribution in [0.2, 0.25) is 0 Å². The van der Waals surface area contributed by atoms with E-state index in [4.69, 9.17) is 14.6 Å². The van der Waals surface area contributed by atoms with E-state index in [0.29, 0.717) is 35.7 Å². The van der Waals surface area contributed by atoms with Gasteiger partial charge in [-0.3, -0.25) is 15.1 Å². The molecule has 7 heteroatoms. The summed E-state index contributed by atoms with van der Waals surface area (Å²) in [5.74, 6) is 2.36. The molecule has 1 aromatic heterocycles. The molecule has 4 rings (SSSR count). The maximum Gasteiger partial charge on any atom is 0.239 e. The lowest BCUT2D eigenvalue weighted by molar-refractivity contribution is -0.124. The van der Waals surface area contributed by atoms with Gasteiger partial charge in [0.2, 0.25) is 11.8 Å². The standard InChI is InChI=1S/C21H19N3O3S/c1-14-18(23-20(27-14)16-5-3-2-4-6-16)12-26-17-9-7-15(8-10-17)11-24-19(25)13-28-21(24)22/h2-10,22H,11-13H2,1H3. The molecule has 0 saturated carbocycles. The molecule has 1 fully saturated rings. The van der Waals surface area contributed by atoms with Crippen molar-refractivity contribution in [3.8, 4) is 17.2 Å². The van der Waals surface area contributed by atoms with Crippen LogP contribution in [-0.2, 0) is 17.9 Å². The molecule has 1 N–H and O–H groups in total. The van der Waals surface area contributed by atoms with Gasteiger partial charge in [0.15, 0.2) is 5.17 Å². The molecule has 1 amide bonds. The van der Waals surface area contributed by atoms with Gasteiger partial charge in [0.25, 0.3) is 0 Å². The van der Waals surface area contributed by atoms with Gasteiger partial charge in [-0.15, -0.1) is 0 Å². The molecular formula is C21H19N3O3S. The van der Waals surface area contributed by atoms with Crippen molar-refractivity contribution in [1.29, 1.82) is 5.41 Å². The number of nitrogens with one attached hydrogen (secondary N) is 1. The predicted molar refractivity (Wildman–Crippen MR) is 108 cm³/mol. The summed E-state index contributed by atoms with van der Waals surface area (Å²) in [5.41, 5.74) is 2.65. The number of amidine groups is 1. The van der Waals surface area contributed by atoms with E-state index < -0.39 is 0 Å². The third-order valence-electron chi connectivity index (χ3n) is 4.43. The highest BCUT2D eigenvalue weighted by molar-refractivity contribution is 8.14. The Morgan fingerprint density at radius 1 is 1.18 bits per heavy atom. The zero-order valence-corrected chi connectivity index (χ0v) is 16.2. The molecular weight excluding hydrogens is 374 g/mol. The van der Waals surface area contributed by atoms with E-state index in [1.807, 2.05) is 61.5 Å². The van der Waals surface area contributed by atoms with Gasteiger partial charge in [-0.1, -0.05) is 42.1 Å². The lowest BCUT2D eigenvalue weighted by Gasteiger charge is -2.15. The van der Waals surface area contributed by atoms with Gasteiger partial charge in [-0.25, -0.2) is 4.98 Å². The maximum absolute atomic E-state index is 11.8. The van der Waals surface area contributed by atoms with E-state index in [9.17, 15) is 4.79 Å². The van der Waals surface area contributed by atoms with Gasteiger partial charge < -0.3 is 9.15 Å². The van der Waals surface area contributed by atoms with Crippen molar-refractivity contribution in [2.45, 2.75) is 20.1 Å². The first-order chi connectivity index (χ1) is 13.6. The Hall–Kier alpha value is -3.06. The lowest BCUT2D eigenvalue weighted by atomic mass is 10.2. The molecule has 0 atom stereocenters. The van der Waals surface area contributed by atoms with Gasteiger partial charge >= 0.3 is 0 Å². The number of carbonyl (C=O) groups excluding carboxylic acids is 1. The minimum absolute atomic E-state index is 0.0222. The first-order valence-corrected chi connectivity index (χ1v) is 9.84. The Morgan fingerprint density at radius 2 is 1.93 bits per heavy atom. The number of ether oxygens (including phenoxy) is 1. The van der Waals surface area contributed by atoms with Crippen molar-refractivity contribution in [3.05, 3.63) is 71.6 Å². The fraction of sp³-hybridized carbons (Fsp3) is 0.190. The molecule has 1 saturated heterocycles. The predicted octanol–water partition coefficient (Wildman–Crippen LogP) is 4.24. The van der Waals surface area contributed by atoms with Crippen LogP contribution in [0.1, 0.15) is 17.0 Å². The third kappa shape index (κ3) is 3.94. The summed E-state index contributed by atoms with van der Waals surface area (Å²) in [4.78, 5) is 17.8. The Bertz CT molecular complexity index is 983. The minimum Gasteiger partial charge on any atom is -0.487 e. The molecule has 0 aliphatic carbocycles. The summed E-state index contributed by atoms with van der Waals surface area (Å²) in [7, 11) is 0. The number of amides is 1. The van der Waals surface area contributed by atoms with Crippen LogP contribution in [-0.4, -0.2) is 26.7 Å². The number of hydrogen-bond donors (Lipinski definition) is 1. The van der Waals surface area contributed by atoms with E-state index >= 15 is 0 Å². The van der Waals surface area contributed by atoms with Crippen LogP contribution in [0, 0.1) is 12.3 Å². The molecule has 2 aromatic carbocycles. The summed E-state index contributed by atoms with van der Waals surface area (Å²) in [6.07, 6.45) is 0. The van der Waals surface area contributed by atoms with Gasteiger partial charge in [0.05, 0.1) is 12.3 Å². The average Bonchev–Trinajstić information content (AvgIpc) is 3.25. The molecule has 1 aliphatic heterocycles. The first kappa shape index (κ1) is 18.3. The molecule has 0 spiro atoms. The van der Waals surface area contributed by atoms with E-state index in [0.717, 1.165) is 22.6 Å². The van der Waals surface area contributed by atoms with Crippen LogP contribution in [0.15, 0.2) is 59.0 Å². The Kier molecular flexibility index (Phi) is 5.16. The molecule has 3 aromatic rings. The topological polar surface area (TPSA) is 79.4 Å². The van der Waals surface area contributed by atoms with Crippen LogP contribution >= 0.6 is 11.8 Å². The smallest absolute Gasteiger partial charge is 0.239 e. The fourth-order valence-corrected chi connectivity index (χ4v) is 3.59. The second-order valence-corrected chi connectivity index (χ2v) is 7.36. The first-order valence-electron chi connectivity index (χ1n) is 8.85. The normalized spacial score (nSPS) is 14.0. The number of hydrogen-bond acceptors (Lipinski definition) is 6. The number of rotatable bonds is 6. The van der Waals surface area contributed by atoms with Gasteiger partial charge in [-0.05, 0) is 36.8 Å². The number of aromatic nitrogens is 1. The molecule has 0 radical (unpaired) electrons. The summed E-state index contributed by atoms with van der Waals surface area (Å²) in [6, 6.07) is 17.3. The van der Waals surface area contributed by atoms with Crippen molar-refractivity contribution in [2.75, 3.05) is 5.75 Å². The van der Waals surface area contributed by atoms with E-state index in [2.05, 4.69) is 4.98 Å². The second-order valence-electron chi connectivity index (χ2n) is 6.39. The molecule has 6 nitrogen and oxygen atoms in total. The van der Waals surface area contributed by atoms with Crippen molar-refractivity contribution < 1.29 is 13.9 Å². The summed E-state index contributed by atoms with van der Waals surface area (Å²) < 4.78 is 11.6. The zero-order valence-electron chi connectivity index (χ0n) is 15.3. The van der Waals surface area contributed by atoms with Crippen LogP contribution in [0.3, 0.4) is 0 Å². The van der Waals surface area contributed by atoms with Crippen molar-refractivity contribution in [1.82, 2.24) is 9.88 Å². The van der Waals surface area contributed by atoms with E-state index in [1.54, 1.807) is 0 Å². The fourth-order valence-electron chi connectivity index (χ4n) is 2.85. The highest BCUT2D eigenvalue weighted by Crippen LogP contribution is 2.24. The Labute approximate surface area is 167 Å². The van der Waals surface area contributed by atoms with Crippen molar-refractivity contribution in [2.24, 2.45) is 0 Å². The van der Waals surface area contributed by atoms with E-state index in [-0.39, 0.29) is 5.91 Å². The Morgan fingerprint density at radius 3 is 2.61 bits per heavy atom. The number of aryl methyl sites for hydroxylation is 1. The molecule has 28 heavy (non-hydrogen) atoms. The molecule has 0 bridgehead atoms. The van der Waals surface area contributed by atoms with Crippen LogP contribution in [0.4, 0.5) is 0 Å². The summed E-state index contributed by atoms with van der Waals surface area (Å²) in [6.45, 7) is 2.60. The molecule has 1 aliphatic rings. The van der Waals surface area contributed by atoms with Crippen LogP contribution in [0.25, 0.3) is 11.5 Å². The van der Waals surface area contributed by atoms with Crippen molar-refractivity contribution in [3.63, 3.8) is 0 Å². The largest absolute Gasteiger partial charge is 0.487 e. The highest BCUT2D eigenvalue weighted by atomic mass is 32.2. The van der Waals surface area contributed by atoms with Gasteiger partial charge in [-0.2, -0.15) is 0 Å². The SMILES string of the molecule is Cc1oc(-c2ccccc2)nc1COc1ccc(CN2C(=N)SCC2=O)cc1. The molecule has 142 valence electrons. The quantitative estimate of drug-likeness (QED) is 0.678. The molecule has 2 heterocycles. The third-order valence-corrected chi connectivity index (χ3v) is 5.32. The number of benzene rings is 2. The summed E-state index contributed by atoms with van der Waals surface area (Å²) in [5, 5.41) is 8.11. The highest BCUT2D eigenvalue weighted by Gasteiger charge is 2.26. The van der Waals surface area contributed by atoms with Gasteiger partial charge in [0, 0.05) is 5.56 Å². The number of oxazole rings is 1. The second kappa shape index (κ2) is 7.90. The van der Waals surface area contributed by atoms with Crippen molar-refractivity contribution >= 4 is 22.8 Å². The average molecular weight is 393 g/mol. The maximum atomic E-state index is 11.8. The number of nitrogens with zero attached hydrogens (tertiary/aromatic N) is 2. The van der Waals surface area contributed by atoms with Gasteiger partial charge in [0.1, 0.15) is 23.8 Å². The monoisotopic (exact) mass is 393 g/mol. The molecule has 0 unspecified atom stereocenters. The summed E-state index contributed by atoms with van der Waals surface area (Å²) >= 11 is 1.26. The lowest BCUT2D eigenvalue weighted by Crippen LogP contribution is -2.28. The Balaban J connectivity index is 1.38.